The number of methoxy groups -OCH3 is 2. The maximum absolute atomic E-state index is 13.2. The quantitative estimate of drug-likeness (QED) is 0.496. The first-order valence-electron chi connectivity index (χ1n) is 9.34. The van der Waals surface area contributed by atoms with Crippen molar-refractivity contribution in [2.45, 2.75) is 13.3 Å². The fourth-order valence-electron chi connectivity index (χ4n) is 3.39. The maximum Gasteiger partial charge on any atom is 0.277 e. The van der Waals surface area contributed by atoms with Crippen molar-refractivity contribution in [3.8, 4) is 11.5 Å². The van der Waals surface area contributed by atoms with Crippen LogP contribution in [-0.4, -0.2) is 23.6 Å². The first-order valence-corrected chi connectivity index (χ1v) is 10.2. The van der Waals surface area contributed by atoms with Crippen molar-refractivity contribution in [3.05, 3.63) is 96.2 Å². The number of thiazole rings is 1. The summed E-state index contributed by atoms with van der Waals surface area (Å²) in [6.07, 6.45) is 2.17. The normalized spacial score (nSPS) is 11.8. The van der Waals surface area contributed by atoms with Crippen LogP contribution in [0.4, 0.5) is 0 Å². The van der Waals surface area contributed by atoms with Crippen LogP contribution < -0.4 is 25.1 Å². The zero-order chi connectivity index (χ0) is 21.3. The monoisotopic (exact) mass is 420 g/mol. The fraction of sp³-hybridized carbons (Fsp3) is 0.174. The number of nitrogens with zero attached hydrogens (tertiary/aromatic N) is 2. The SMILES string of the molecule is COc1ccc(OC)c(C=c2sc3nc(=O)c(Cc4ccccc4)c(C)n3c2=O)c1. The zero-order valence-electron chi connectivity index (χ0n) is 16.8. The van der Waals surface area contributed by atoms with E-state index < -0.39 is 0 Å². The largest absolute Gasteiger partial charge is 0.497 e. The van der Waals surface area contributed by atoms with Crippen LogP contribution in [0.5, 0.6) is 11.5 Å². The summed E-state index contributed by atoms with van der Waals surface area (Å²) in [6.45, 7) is 1.79. The topological polar surface area (TPSA) is 69.9 Å². The second-order valence-electron chi connectivity index (χ2n) is 6.78. The molecule has 4 aromatic rings. The van der Waals surface area contributed by atoms with Crippen molar-refractivity contribution in [1.82, 2.24) is 9.38 Å². The summed E-state index contributed by atoms with van der Waals surface area (Å²) in [4.78, 5) is 30.4. The van der Waals surface area contributed by atoms with Crippen LogP contribution in [0.15, 0.2) is 58.1 Å². The number of rotatable bonds is 5. The van der Waals surface area contributed by atoms with Gasteiger partial charge < -0.3 is 9.47 Å². The average molecular weight is 420 g/mol. The molecule has 30 heavy (non-hydrogen) atoms. The van der Waals surface area contributed by atoms with E-state index in [0.717, 1.165) is 5.56 Å². The Morgan fingerprint density at radius 2 is 1.83 bits per heavy atom. The molecule has 7 heteroatoms. The van der Waals surface area contributed by atoms with Crippen LogP contribution in [0.2, 0.25) is 0 Å². The molecular formula is C23H20N2O4S. The van der Waals surface area contributed by atoms with Gasteiger partial charge in [0.1, 0.15) is 11.5 Å². The lowest BCUT2D eigenvalue weighted by Gasteiger charge is -2.06. The van der Waals surface area contributed by atoms with E-state index in [1.807, 2.05) is 30.3 Å². The summed E-state index contributed by atoms with van der Waals surface area (Å²) in [5.41, 5.74) is 2.34. The molecular weight excluding hydrogens is 400 g/mol. The van der Waals surface area contributed by atoms with Gasteiger partial charge in [-0.1, -0.05) is 41.7 Å². The Balaban J connectivity index is 1.90. The number of hydrogen-bond donors (Lipinski definition) is 0. The van der Waals surface area contributed by atoms with Crippen LogP contribution in [0.1, 0.15) is 22.4 Å². The molecule has 0 fully saturated rings. The number of benzene rings is 2. The summed E-state index contributed by atoms with van der Waals surface area (Å²) >= 11 is 1.18. The molecule has 2 aromatic carbocycles. The molecule has 2 heterocycles. The molecule has 0 spiro atoms. The minimum absolute atomic E-state index is 0.209. The lowest BCUT2D eigenvalue weighted by Crippen LogP contribution is -2.27. The van der Waals surface area contributed by atoms with Crippen molar-refractivity contribution < 1.29 is 9.47 Å². The Bertz CT molecular complexity index is 1390. The number of aryl methyl sites for hydroxylation is 1. The van der Waals surface area contributed by atoms with Gasteiger partial charge in [0.25, 0.3) is 11.1 Å². The van der Waals surface area contributed by atoms with Gasteiger partial charge in [-0.15, -0.1) is 0 Å². The Morgan fingerprint density at radius 1 is 1.07 bits per heavy atom. The molecule has 0 aliphatic rings. The third-order valence-corrected chi connectivity index (χ3v) is 5.95. The molecule has 0 saturated carbocycles. The van der Waals surface area contributed by atoms with Crippen molar-refractivity contribution >= 4 is 22.4 Å². The summed E-state index contributed by atoms with van der Waals surface area (Å²) in [6, 6.07) is 15.0. The number of aromatic nitrogens is 2. The van der Waals surface area contributed by atoms with Gasteiger partial charge in [0.15, 0.2) is 0 Å². The Morgan fingerprint density at radius 3 is 2.53 bits per heavy atom. The summed E-state index contributed by atoms with van der Waals surface area (Å²) in [7, 11) is 3.15. The van der Waals surface area contributed by atoms with Gasteiger partial charge >= 0.3 is 0 Å². The molecule has 4 rings (SSSR count). The average Bonchev–Trinajstić information content (AvgIpc) is 3.06. The third-order valence-electron chi connectivity index (χ3n) is 4.98. The third kappa shape index (κ3) is 3.59. The van der Waals surface area contributed by atoms with E-state index in [-0.39, 0.29) is 11.1 Å². The molecule has 6 nitrogen and oxygen atoms in total. The van der Waals surface area contributed by atoms with Gasteiger partial charge in [0.2, 0.25) is 4.96 Å². The number of hydrogen-bond acceptors (Lipinski definition) is 6. The van der Waals surface area contributed by atoms with E-state index in [4.69, 9.17) is 9.47 Å². The highest BCUT2D eigenvalue weighted by Crippen LogP contribution is 2.24. The molecule has 0 aliphatic heterocycles. The molecule has 0 saturated heterocycles. The molecule has 0 unspecified atom stereocenters. The van der Waals surface area contributed by atoms with Gasteiger partial charge in [-0.05, 0) is 36.8 Å². The molecule has 0 bridgehead atoms. The summed E-state index contributed by atoms with van der Waals surface area (Å²) in [5, 5.41) is 0. The Hall–Kier alpha value is -3.45. The lowest BCUT2D eigenvalue weighted by molar-refractivity contribution is 0.402. The molecule has 0 N–H and O–H groups in total. The van der Waals surface area contributed by atoms with E-state index >= 15 is 0 Å². The first kappa shape index (κ1) is 19.8. The van der Waals surface area contributed by atoms with Gasteiger partial charge in [-0.25, -0.2) is 0 Å². The van der Waals surface area contributed by atoms with Crippen LogP contribution in [0.25, 0.3) is 11.0 Å². The smallest absolute Gasteiger partial charge is 0.277 e. The molecule has 152 valence electrons. The molecule has 0 radical (unpaired) electrons. The highest BCUT2D eigenvalue weighted by Gasteiger charge is 2.15. The van der Waals surface area contributed by atoms with Gasteiger partial charge in [0, 0.05) is 23.2 Å². The lowest BCUT2D eigenvalue weighted by atomic mass is 10.1. The van der Waals surface area contributed by atoms with E-state index in [9.17, 15) is 9.59 Å². The number of fused-ring (bicyclic) bond motifs is 1. The summed E-state index contributed by atoms with van der Waals surface area (Å²) < 4.78 is 12.7. The Kier molecular flexibility index (Phi) is 5.37. The van der Waals surface area contributed by atoms with Crippen molar-refractivity contribution in [2.75, 3.05) is 14.2 Å². The van der Waals surface area contributed by atoms with E-state index in [1.165, 1.54) is 15.7 Å². The van der Waals surface area contributed by atoms with E-state index in [1.54, 1.807) is 45.4 Å². The highest BCUT2D eigenvalue weighted by atomic mass is 32.1. The summed E-state index contributed by atoms with van der Waals surface area (Å²) in [5.74, 6) is 1.28. The van der Waals surface area contributed by atoms with Crippen LogP contribution in [0, 0.1) is 6.92 Å². The van der Waals surface area contributed by atoms with Crippen molar-refractivity contribution in [3.63, 3.8) is 0 Å². The second kappa shape index (κ2) is 8.12. The van der Waals surface area contributed by atoms with Gasteiger partial charge in [-0.3, -0.25) is 14.0 Å². The predicted octanol–water partition coefficient (Wildman–Crippen LogP) is 2.58. The first-order chi connectivity index (χ1) is 14.5. The van der Waals surface area contributed by atoms with Crippen LogP contribution in [0.3, 0.4) is 0 Å². The highest BCUT2D eigenvalue weighted by molar-refractivity contribution is 7.15. The van der Waals surface area contributed by atoms with Crippen molar-refractivity contribution in [1.29, 1.82) is 0 Å². The van der Waals surface area contributed by atoms with Crippen molar-refractivity contribution in [2.24, 2.45) is 0 Å². The van der Waals surface area contributed by atoms with Gasteiger partial charge in [0.05, 0.1) is 18.8 Å². The predicted molar refractivity (Wildman–Crippen MR) is 118 cm³/mol. The minimum Gasteiger partial charge on any atom is -0.497 e. The molecule has 0 amide bonds. The number of ether oxygens (including phenoxy) is 2. The van der Waals surface area contributed by atoms with Crippen LogP contribution in [-0.2, 0) is 6.42 Å². The van der Waals surface area contributed by atoms with Gasteiger partial charge in [-0.2, -0.15) is 4.98 Å². The Labute approximate surface area is 176 Å². The zero-order valence-corrected chi connectivity index (χ0v) is 17.7. The minimum atomic E-state index is -0.303. The standard InChI is InChI=1S/C23H20N2O4S/c1-14-18(11-15-7-5-4-6-8-15)21(26)24-23-25(14)22(27)20(30-23)13-16-12-17(28-2)9-10-19(16)29-3/h4-10,12-13H,11H2,1-3H3. The second-order valence-corrected chi connectivity index (χ2v) is 7.79. The van der Waals surface area contributed by atoms with E-state index in [0.29, 0.717) is 44.2 Å². The van der Waals surface area contributed by atoms with E-state index in [2.05, 4.69) is 4.98 Å². The molecule has 0 atom stereocenters. The van der Waals surface area contributed by atoms with Crippen LogP contribution >= 0.6 is 11.3 Å². The maximum atomic E-state index is 13.2. The molecule has 2 aromatic heterocycles. The molecule has 0 aliphatic carbocycles. The fourth-order valence-corrected chi connectivity index (χ4v) is 4.39.